The largest absolute Gasteiger partial charge is 0.496 e. The first-order valence-electron chi connectivity index (χ1n) is 6.56. The molecule has 0 amide bonds. The molecule has 1 aromatic carbocycles. The molecule has 0 bridgehead atoms. The van der Waals surface area contributed by atoms with Crippen LogP contribution in [0.4, 0.5) is 0 Å². The minimum atomic E-state index is 0.177. The molecule has 0 aromatic heterocycles. The lowest BCUT2D eigenvalue weighted by atomic mass is 9.91. The molecule has 1 aliphatic rings. The molecule has 2 nitrogen and oxygen atoms in total. The predicted octanol–water partition coefficient (Wildman–Crippen LogP) is 4.15. The van der Waals surface area contributed by atoms with E-state index in [1.165, 1.54) is 12.8 Å². The first kappa shape index (κ1) is 13.6. The van der Waals surface area contributed by atoms with Crippen molar-refractivity contribution in [1.82, 2.24) is 0 Å². The molecular weight excluding hydrogens is 292 g/mol. The van der Waals surface area contributed by atoms with Crippen LogP contribution in [0.2, 0.25) is 0 Å². The van der Waals surface area contributed by atoms with E-state index in [4.69, 9.17) is 4.74 Å². The molecule has 1 saturated carbocycles. The number of halogens is 1. The Morgan fingerprint density at radius 1 is 1.33 bits per heavy atom. The number of hydrogen-bond acceptors (Lipinski definition) is 2. The smallest absolute Gasteiger partial charge is 0.136 e. The van der Waals surface area contributed by atoms with Gasteiger partial charge in [0.05, 0.1) is 7.11 Å². The molecule has 18 heavy (non-hydrogen) atoms. The van der Waals surface area contributed by atoms with Crippen molar-refractivity contribution in [1.29, 1.82) is 0 Å². The molecule has 98 valence electrons. The fraction of sp³-hybridized carbons (Fsp3) is 0.533. The fourth-order valence-electron chi connectivity index (χ4n) is 2.62. The summed E-state index contributed by atoms with van der Waals surface area (Å²) in [5.41, 5.74) is 1.13. The third-order valence-electron chi connectivity index (χ3n) is 3.64. The second kappa shape index (κ2) is 6.37. The minimum Gasteiger partial charge on any atom is -0.496 e. The van der Waals surface area contributed by atoms with Gasteiger partial charge in [-0.15, -0.1) is 0 Å². The molecule has 0 saturated heterocycles. The lowest BCUT2D eigenvalue weighted by Crippen LogP contribution is -2.15. The van der Waals surface area contributed by atoms with Crippen LogP contribution in [-0.4, -0.2) is 12.9 Å². The Hall–Kier alpha value is -0.830. The SMILES string of the molecule is COc1ccc(Br)cc1CC1CCCCCC1=O. The number of methoxy groups -OCH3 is 1. The van der Waals surface area contributed by atoms with E-state index in [-0.39, 0.29) is 5.92 Å². The van der Waals surface area contributed by atoms with Crippen LogP contribution in [0.5, 0.6) is 5.75 Å². The van der Waals surface area contributed by atoms with Crippen molar-refractivity contribution in [2.45, 2.75) is 38.5 Å². The first-order valence-corrected chi connectivity index (χ1v) is 7.35. The molecule has 0 N–H and O–H groups in total. The molecule has 1 aliphatic carbocycles. The number of hydrogen-bond donors (Lipinski definition) is 0. The Labute approximate surface area is 117 Å². The second-order valence-corrected chi connectivity index (χ2v) is 5.84. The summed E-state index contributed by atoms with van der Waals surface area (Å²) in [6.45, 7) is 0. The Bertz CT molecular complexity index is 429. The highest BCUT2D eigenvalue weighted by Gasteiger charge is 2.22. The average Bonchev–Trinajstić information content (AvgIpc) is 2.55. The summed E-state index contributed by atoms with van der Waals surface area (Å²) in [5, 5.41) is 0. The lowest BCUT2D eigenvalue weighted by molar-refractivity contribution is -0.122. The topological polar surface area (TPSA) is 26.3 Å². The monoisotopic (exact) mass is 310 g/mol. The highest BCUT2D eigenvalue weighted by Crippen LogP contribution is 2.29. The van der Waals surface area contributed by atoms with Gasteiger partial charge in [-0.3, -0.25) is 4.79 Å². The number of carbonyl (C=O) groups is 1. The van der Waals surface area contributed by atoms with Crippen molar-refractivity contribution in [3.8, 4) is 5.75 Å². The lowest BCUT2D eigenvalue weighted by Gasteiger charge is -2.15. The van der Waals surface area contributed by atoms with Gasteiger partial charge in [-0.1, -0.05) is 28.8 Å². The summed E-state index contributed by atoms with van der Waals surface area (Å²) >= 11 is 3.48. The van der Waals surface area contributed by atoms with Crippen molar-refractivity contribution in [2.24, 2.45) is 5.92 Å². The maximum Gasteiger partial charge on any atom is 0.136 e. The van der Waals surface area contributed by atoms with Crippen LogP contribution in [0.3, 0.4) is 0 Å². The van der Waals surface area contributed by atoms with E-state index < -0.39 is 0 Å². The molecule has 1 unspecified atom stereocenters. The summed E-state index contributed by atoms with van der Waals surface area (Å²) in [7, 11) is 1.68. The van der Waals surface area contributed by atoms with Crippen LogP contribution in [0.25, 0.3) is 0 Å². The maximum absolute atomic E-state index is 12.1. The summed E-state index contributed by atoms with van der Waals surface area (Å²) in [6.07, 6.45) is 6.01. The van der Waals surface area contributed by atoms with Crippen LogP contribution in [0.15, 0.2) is 22.7 Å². The highest BCUT2D eigenvalue weighted by molar-refractivity contribution is 9.10. The molecular formula is C15H19BrO2. The number of ketones is 1. The van der Waals surface area contributed by atoms with Crippen LogP contribution in [0.1, 0.15) is 37.7 Å². The normalized spacial score (nSPS) is 20.6. The van der Waals surface area contributed by atoms with E-state index in [9.17, 15) is 4.79 Å². The first-order chi connectivity index (χ1) is 8.70. The summed E-state index contributed by atoms with van der Waals surface area (Å²) in [6, 6.07) is 5.99. The third kappa shape index (κ3) is 3.35. The molecule has 3 heteroatoms. The van der Waals surface area contributed by atoms with Gasteiger partial charge < -0.3 is 4.74 Å². The summed E-state index contributed by atoms with van der Waals surface area (Å²) in [4.78, 5) is 12.1. The van der Waals surface area contributed by atoms with Crippen molar-refractivity contribution >= 4 is 21.7 Å². The van der Waals surface area contributed by atoms with E-state index >= 15 is 0 Å². The van der Waals surface area contributed by atoms with E-state index in [0.29, 0.717) is 5.78 Å². The highest BCUT2D eigenvalue weighted by atomic mass is 79.9. The summed E-state index contributed by atoms with van der Waals surface area (Å²) in [5.74, 6) is 1.49. The number of Topliss-reactive ketones (excluding diaryl/α,β-unsaturated/α-hetero) is 1. The van der Waals surface area contributed by atoms with Gasteiger partial charge in [0.25, 0.3) is 0 Å². The van der Waals surface area contributed by atoms with Gasteiger partial charge in [0.1, 0.15) is 11.5 Å². The van der Waals surface area contributed by atoms with E-state index in [1.54, 1.807) is 7.11 Å². The molecule has 0 radical (unpaired) electrons. The molecule has 0 spiro atoms. The Morgan fingerprint density at radius 3 is 2.94 bits per heavy atom. The van der Waals surface area contributed by atoms with Crippen molar-refractivity contribution in [3.63, 3.8) is 0 Å². The zero-order chi connectivity index (χ0) is 13.0. The average molecular weight is 311 g/mol. The molecule has 1 fully saturated rings. The third-order valence-corrected chi connectivity index (χ3v) is 4.13. The number of ether oxygens (including phenoxy) is 1. The van der Waals surface area contributed by atoms with Gasteiger partial charge in [-0.05, 0) is 43.0 Å². The van der Waals surface area contributed by atoms with E-state index in [1.807, 2.05) is 12.1 Å². The van der Waals surface area contributed by atoms with E-state index in [2.05, 4.69) is 22.0 Å². The van der Waals surface area contributed by atoms with Gasteiger partial charge in [-0.25, -0.2) is 0 Å². The Morgan fingerprint density at radius 2 is 2.17 bits per heavy atom. The molecule has 1 atom stereocenters. The van der Waals surface area contributed by atoms with E-state index in [0.717, 1.165) is 41.5 Å². The second-order valence-electron chi connectivity index (χ2n) is 4.92. The quantitative estimate of drug-likeness (QED) is 0.784. The molecule has 0 heterocycles. The fourth-order valence-corrected chi connectivity index (χ4v) is 3.03. The number of rotatable bonds is 3. The minimum absolute atomic E-state index is 0.177. The number of benzene rings is 1. The van der Waals surface area contributed by atoms with Crippen LogP contribution >= 0.6 is 15.9 Å². The van der Waals surface area contributed by atoms with Gasteiger partial charge >= 0.3 is 0 Å². The summed E-state index contributed by atoms with van der Waals surface area (Å²) < 4.78 is 6.42. The van der Waals surface area contributed by atoms with Crippen molar-refractivity contribution < 1.29 is 9.53 Å². The van der Waals surface area contributed by atoms with Gasteiger partial charge in [-0.2, -0.15) is 0 Å². The van der Waals surface area contributed by atoms with Crippen LogP contribution < -0.4 is 4.74 Å². The van der Waals surface area contributed by atoms with Crippen molar-refractivity contribution in [3.05, 3.63) is 28.2 Å². The molecule has 1 aromatic rings. The van der Waals surface area contributed by atoms with Crippen LogP contribution in [-0.2, 0) is 11.2 Å². The Kier molecular flexibility index (Phi) is 4.81. The van der Waals surface area contributed by atoms with Crippen LogP contribution in [0, 0.1) is 5.92 Å². The number of carbonyl (C=O) groups excluding carboxylic acids is 1. The van der Waals surface area contributed by atoms with Gasteiger partial charge in [0.2, 0.25) is 0 Å². The maximum atomic E-state index is 12.1. The molecule has 0 aliphatic heterocycles. The Balaban J connectivity index is 2.16. The standard InChI is InChI=1S/C15H19BrO2/c1-18-15-8-7-13(16)10-12(15)9-11-5-3-2-4-6-14(11)17/h7-8,10-11H,2-6,9H2,1H3. The zero-order valence-electron chi connectivity index (χ0n) is 10.7. The predicted molar refractivity (Wildman–Crippen MR) is 76.0 cm³/mol. The van der Waals surface area contributed by atoms with Gasteiger partial charge in [0, 0.05) is 16.8 Å². The van der Waals surface area contributed by atoms with Gasteiger partial charge in [0.15, 0.2) is 0 Å². The van der Waals surface area contributed by atoms with Crippen molar-refractivity contribution in [2.75, 3.05) is 7.11 Å². The molecule has 2 rings (SSSR count). The zero-order valence-corrected chi connectivity index (χ0v) is 12.3.